The Labute approximate surface area is 195 Å². The van der Waals surface area contributed by atoms with Crippen LogP contribution in [0.2, 0.25) is 0 Å². The third-order valence-electron chi connectivity index (χ3n) is 4.94. The fraction of sp³-hybridized carbons (Fsp3) is 0.476. The predicted octanol–water partition coefficient (Wildman–Crippen LogP) is 2.84. The third kappa shape index (κ3) is 7.19. The monoisotopic (exact) mass is 526 g/mol. The van der Waals surface area contributed by atoms with Crippen LogP contribution in [0.15, 0.2) is 47.7 Å². The lowest BCUT2D eigenvalue weighted by molar-refractivity contribution is 0.0963. The van der Waals surface area contributed by atoms with Crippen LogP contribution >= 0.6 is 24.0 Å². The number of aromatic nitrogens is 2. The lowest BCUT2D eigenvalue weighted by Crippen LogP contribution is -2.49. The van der Waals surface area contributed by atoms with Crippen molar-refractivity contribution >= 4 is 36.0 Å². The van der Waals surface area contributed by atoms with Gasteiger partial charge in [-0.25, -0.2) is 4.79 Å². The number of ether oxygens (including phenoxy) is 1. The van der Waals surface area contributed by atoms with Gasteiger partial charge in [0.1, 0.15) is 0 Å². The van der Waals surface area contributed by atoms with Gasteiger partial charge in [0.25, 0.3) is 0 Å². The van der Waals surface area contributed by atoms with E-state index in [4.69, 9.17) is 4.74 Å². The molecule has 0 bridgehead atoms. The summed E-state index contributed by atoms with van der Waals surface area (Å²) in [5, 5.41) is 11.1. The van der Waals surface area contributed by atoms with E-state index in [2.05, 4.69) is 45.0 Å². The SMILES string of the molecule is CCOC(=O)N1CCC(NC(=NC)NCc2cccc(Cn3cccn3)c2)CC1.I. The molecule has 1 aromatic carbocycles. The van der Waals surface area contributed by atoms with E-state index < -0.39 is 0 Å². The summed E-state index contributed by atoms with van der Waals surface area (Å²) >= 11 is 0. The second-order valence-corrected chi connectivity index (χ2v) is 7.05. The number of aliphatic imine (C=N–C) groups is 1. The smallest absolute Gasteiger partial charge is 0.409 e. The molecule has 164 valence electrons. The highest BCUT2D eigenvalue weighted by Crippen LogP contribution is 2.12. The molecule has 0 aliphatic carbocycles. The average Bonchev–Trinajstić information content (AvgIpc) is 3.25. The maximum Gasteiger partial charge on any atom is 0.409 e. The molecule has 0 saturated carbocycles. The lowest BCUT2D eigenvalue weighted by Gasteiger charge is -2.32. The Morgan fingerprint density at radius 1 is 1.27 bits per heavy atom. The Hall–Kier alpha value is -2.30. The maximum atomic E-state index is 11.8. The molecular formula is C21H31IN6O2. The molecule has 0 atom stereocenters. The molecule has 2 heterocycles. The molecule has 1 aliphatic heterocycles. The van der Waals surface area contributed by atoms with Crippen molar-refractivity contribution < 1.29 is 9.53 Å². The van der Waals surface area contributed by atoms with Crippen LogP contribution in [0.4, 0.5) is 4.79 Å². The Kier molecular flexibility index (Phi) is 9.92. The predicted molar refractivity (Wildman–Crippen MR) is 128 cm³/mol. The molecule has 2 N–H and O–H groups in total. The van der Waals surface area contributed by atoms with E-state index in [0.29, 0.717) is 26.2 Å². The normalized spacial score (nSPS) is 14.7. The van der Waals surface area contributed by atoms with Gasteiger partial charge < -0.3 is 20.3 Å². The van der Waals surface area contributed by atoms with Crippen LogP contribution in [0.5, 0.6) is 0 Å². The number of hydrogen-bond acceptors (Lipinski definition) is 4. The van der Waals surface area contributed by atoms with Crippen molar-refractivity contribution in [1.82, 2.24) is 25.3 Å². The Bertz CT molecular complexity index is 804. The van der Waals surface area contributed by atoms with Gasteiger partial charge in [0.2, 0.25) is 0 Å². The number of piperidine rings is 1. The zero-order chi connectivity index (χ0) is 20.5. The summed E-state index contributed by atoms with van der Waals surface area (Å²) in [5.74, 6) is 0.775. The number of carbonyl (C=O) groups excluding carboxylic acids is 1. The Balaban J connectivity index is 0.00000320. The Morgan fingerprint density at radius 2 is 2.03 bits per heavy atom. The first-order valence-electron chi connectivity index (χ1n) is 10.1. The summed E-state index contributed by atoms with van der Waals surface area (Å²) in [6.07, 6.45) is 5.28. The minimum atomic E-state index is -0.219. The number of nitrogens with one attached hydrogen (secondary N) is 2. The largest absolute Gasteiger partial charge is 0.450 e. The molecule has 1 aromatic heterocycles. The maximum absolute atomic E-state index is 11.8. The van der Waals surface area contributed by atoms with Gasteiger partial charge in [0.05, 0.1) is 13.2 Å². The summed E-state index contributed by atoms with van der Waals surface area (Å²) in [6, 6.07) is 10.7. The first-order valence-corrected chi connectivity index (χ1v) is 10.1. The zero-order valence-corrected chi connectivity index (χ0v) is 19.9. The summed E-state index contributed by atoms with van der Waals surface area (Å²) in [5.41, 5.74) is 2.40. The van der Waals surface area contributed by atoms with Gasteiger partial charge in [-0.2, -0.15) is 5.10 Å². The van der Waals surface area contributed by atoms with Gasteiger partial charge in [0, 0.05) is 45.1 Å². The summed E-state index contributed by atoms with van der Waals surface area (Å²) in [6.45, 7) is 5.08. The Morgan fingerprint density at radius 3 is 2.70 bits per heavy atom. The second kappa shape index (κ2) is 12.4. The number of guanidine groups is 1. The number of hydrogen-bond donors (Lipinski definition) is 2. The average molecular weight is 526 g/mol. The molecule has 0 radical (unpaired) electrons. The van der Waals surface area contributed by atoms with Crippen LogP contribution in [0.25, 0.3) is 0 Å². The number of amides is 1. The first-order chi connectivity index (χ1) is 14.2. The van der Waals surface area contributed by atoms with Crippen molar-refractivity contribution in [3.63, 3.8) is 0 Å². The van der Waals surface area contributed by atoms with Crippen LogP contribution in [0.1, 0.15) is 30.9 Å². The van der Waals surface area contributed by atoms with Gasteiger partial charge in [0.15, 0.2) is 5.96 Å². The van der Waals surface area contributed by atoms with Crippen LogP contribution < -0.4 is 10.6 Å². The number of halogens is 1. The van der Waals surface area contributed by atoms with Crippen LogP contribution in [-0.4, -0.2) is 59.5 Å². The molecule has 8 nitrogen and oxygen atoms in total. The van der Waals surface area contributed by atoms with Gasteiger partial charge in [-0.1, -0.05) is 24.3 Å². The number of nitrogens with zero attached hydrogens (tertiary/aromatic N) is 4. The van der Waals surface area contributed by atoms with Crippen LogP contribution in [0, 0.1) is 0 Å². The molecule has 0 spiro atoms. The van der Waals surface area contributed by atoms with Crippen molar-refractivity contribution in [2.75, 3.05) is 26.7 Å². The lowest BCUT2D eigenvalue weighted by atomic mass is 10.1. The molecular weight excluding hydrogens is 495 g/mol. The highest BCUT2D eigenvalue weighted by atomic mass is 127. The highest BCUT2D eigenvalue weighted by molar-refractivity contribution is 14.0. The summed E-state index contributed by atoms with van der Waals surface area (Å²) in [7, 11) is 1.78. The minimum Gasteiger partial charge on any atom is -0.450 e. The van der Waals surface area contributed by atoms with Gasteiger partial charge in [-0.15, -0.1) is 24.0 Å². The molecule has 1 amide bonds. The first kappa shape index (κ1) is 24.0. The zero-order valence-electron chi connectivity index (χ0n) is 17.6. The topological polar surface area (TPSA) is 83.8 Å². The van der Waals surface area contributed by atoms with Crippen molar-refractivity contribution in [3.8, 4) is 0 Å². The van der Waals surface area contributed by atoms with E-state index in [0.717, 1.165) is 25.3 Å². The van der Waals surface area contributed by atoms with E-state index in [-0.39, 0.29) is 36.1 Å². The standard InChI is InChI=1S/C21H30N6O2.HI/c1-3-29-21(28)26-12-8-19(9-13-26)25-20(22-2)23-15-17-6-4-7-18(14-17)16-27-11-5-10-24-27;/h4-7,10-11,14,19H,3,8-9,12-13,15-16H2,1-2H3,(H2,22,23,25);1H. The molecule has 1 fully saturated rings. The molecule has 3 rings (SSSR count). The van der Waals surface area contributed by atoms with Crippen molar-refractivity contribution in [2.24, 2.45) is 4.99 Å². The van der Waals surface area contributed by atoms with E-state index in [1.165, 1.54) is 11.1 Å². The summed E-state index contributed by atoms with van der Waals surface area (Å²) in [4.78, 5) is 17.9. The molecule has 1 aliphatic rings. The number of rotatable bonds is 6. The van der Waals surface area contributed by atoms with Crippen LogP contribution in [-0.2, 0) is 17.8 Å². The second-order valence-electron chi connectivity index (χ2n) is 7.05. The third-order valence-corrected chi connectivity index (χ3v) is 4.94. The van der Waals surface area contributed by atoms with Crippen LogP contribution in [0.3, 0.4) is 0 Å². The number of carbonyl (C=O) groups is 1. The van der Waals surface area contributed by atoms with Crippen molar-refractivity contribution in [1.29, 1.82) is 0 Å². The van der Waals surface area contributed by atoms with Crippen molar-refractivity contribution in [2.45, 2.75) is 38.9 Å². The van der Waals surface area contributed by atoms with E-state index in [9.17, 15) is 4.79 Å². The molecule has 9 heteroatoms. The fourth-order valence-electron chi connectivity index (χ4n) is 3.41. The summed E-state index contributed by atoms with van der Waals surface area (Å²) < 4.78 is 6.99. The van der Waals surface area contributed by atoms with E-state index in [1.54, 1.807) is 18.1 Å². The fourth-order valence-corrected chi connectivity index (χ4v) is 3.41. The molecule has 0 unspecified atom stereocenters. The molecule has 30 heavy (non-hydrogen) atoms. The molecule has 1 saturated heterocycles. The highest BCUT2D eigenvalue weighted by Gasteiger charge is 2.23. The van der Waals surface area contributed by atoms with Gasteiger partial charge in [-0.05, 0) is 37.0 Å². The van der Waals surface area contributed by atoms with E-state index in [1.807, 2.05) is 23.9 Å². The van der Waals surface area contributed by atoms with E-state index >= 15 is 0 Å². The van der Waals surface area contributed by atoms with Crippen molar-refractivity contribution in [3.05, 3.63) is 53.9 Å². The minimum absolute atomic E-state index is 0. The quantitative estimate of drug-likeness (QED) is 0.344. The number of benzene rings is 1. The van der Waals surface area contributed by atoms with Gasteiger partial charge >= 0.3 is 6.09 Å². The molecule has 2 aromatic rings. The number of likely N-dealkylation sites (tertiary alicyclic amines) is 1. The van der Waals surface area contributed by atoms with Gasteiger partial charge in [-0.3, -0.25) is 9.67 Å².